The van der Waals surface area contributed by atoms with Gasteiger partial charge in [-0.2, -0.15) is 0 Å². The summed E-state index contributed by atoms with van der Waals surface area (Å²) in [7, 11) is 1.63. The molecule has 1 aromatic carbocycles. The molecule has 7 nitrogen and oxygen atoms in total. The molecule has 1 heterocycles. The van der Waals surface area contributed by atoms with Crippen LogP contribution in [0.5, 0.6) is 0 Å². The molecule has 0 radical (unpaired) electrons. The fourth-order valence-electron chi connectivity index (χ4n) is 5.78. The largest absolute Gasteiger partial charge is 0.444 e. The number of hydrogen-bond acceptors (Lipinski definition) is 5. The molecule has 1 saturated heterocycles. The summed E-state index contributed by atoms with van der Waals surface area (Å²) in [5, 5.41) is 3.00. The van der Waals surface area contributed by atoms with Crippen LogP contribution in [0.2, 0.25) is 0 Å². The zero-order valence-electron chi connectivity index (χ0n) is 22.8. The molecule has 1 saturated carbocycles. The minimum Gasteiger partial charge on any atom is -0.444 e. The van der Waals surface area contributed by atoms with Gasteiger partial charge in [-0.05, 0) is 44.1 Å². The van der Waals surface area contributed by atoms with Gasteiger partial charge >= 0.3 is 6.09 Å². The Morgan fingerprint density at radius 2 is 1.83 bits per heavy atom. The molecule has 1 aliphatic heterocycles. The van der Waals surface area contributed by atoms with Crippen LogP contribution in [-0.2, 0) is 25.6 Å². The van der Waals surface area contributed by atoms with E-state index in [0.717, 1.165) is 12.0 Å². The van der Waals surface area contributed by atoms with E-state index in [1.165, 1.54) is 32.1 Å². The molecular weight excluding hydrogens is 456 g/mol. The Bertz CT molecular complexity index is 822. The highest BCUT2D eigenvalue weighted by Crippen LogP contribution is 2.41. The molecule has 1 aliphatic carbocycles. The summed E-state index contributed by atoms with van der Waals surface area (Å²) in [6.45, 7) is 9.21. The second-order valence-electron chi connectivity index (χ2n) is 11.2. The monoisotopic (exact) mass is 502 g/mol. The lowest BCUT2D eigenvalue weighted by Gasteiger charge is -2.35. The van der Waals surface area contributed by atoms with Gasteiger partial charge in [0.2, 0.25) is 5.91 Å². The average Bonchev–Trinajstić information content (AvgIpc) is 3.11. The maximum absolute atomic E-state index is 13.5. The predicted molar refractivity (Wildman–Crippen MR) is 140 cm³/mol. The Labute approximate surface area is 217 Å². The maximum Gasteiger partial charge on any atom is 0.412 e. The lowest BCUT2D eigenvalue weighted by atomic mass is 9.81. The number of methoxy groups -OCH3 is 1. The number of amides is 2. The number of hydrogen-bond donors (Lipinski definition) is 1. The van der Waals surface area contributed by atoms with Crippen molar-refractivity contribution in [3.63, 3.8) is 0 Å². The molecule has 1 N–H and O–H groups in total. The molecule has 7 heteroatoms. The van der Waals surface area contributed by atoms with Gasteiger partial charge in [0, 0.05) is 19.6 Å². The molecule has 0 bridgehead atoms. The molecule has 1 aromatic rings. The predicted octanol–water partition coefficient (Wildman–Crippen LogP) is 5.52. The van der Waals surface area contributed by atoms with Crippen molar-refractivity contribution in [3.8, 4) is 0 Å². The Kier molecular flexibility index (Phi) is 10.6. The van der Waals surface area contributed by atoms with Gasteiger partial charge in [-0.1, -0.05) is 76.3 Å². The van der Waals surface area contributed by atoms with Crippen LogP contribution >= 0.6 is 0 Å². The third-order valence-electron chi connectivity index (χ3n) is 7.72. The summed E-state index contributed by atoms with van der Waals surface area (Å²) >= 11 is 0. The quantitative estimate of drug-likeness (QED) is 0.403. The number of carbonyl (C=O) groups excluding carboxylic acids is 2. The van der Waals surface area contributed by atoms with Crippen LogP contribution in [0, 0.1) is 17.8 Å². The topological polar surface area (TPSA) is 77.1 Å². The van der Waals surface area contributed by atoms with Crippen molar-refractivity contribution in [2.24, 2.45) is 17.8 Å². The zero-order chi connectivity index (χ0) is 26.1. The van der Waals surface area contributed by atoms with Gasteiger partial charge in [0.15, 0.2) is 0 Å². The number of benzene rings is 1. The van der Waals surface area contributed by atoms with E-state index in [1.807, 2.05) is 49.1 Å². The van der Waals surface area contributed by atoms with Crippen LogP contribution in [0.25, 0.3) is 0 Å². The van der Waals surface area contributed by atoms with Crippen molar-refractivity contribution in [3.05, 3.63) is 35.9 Å². The van der Waals surface area contributed by atoms with Crippen molar-refractivity contribution in [1.82, 2.24) is 10.2 Å². The van der Waals surface area contributed by atoms with E-state index in [2.05, 4.69) is 19.2 Å². The maximum atomic E-state index is 13.5. The van der Waals surface area contributed by atoms with Crippen molar-refractivity contribution in [2.75, 3.05) is 20.3 Å². The highest BCUT2D eigenvalue weighted by atomic mass is 16.6. The fourth-order valence-corrected chi connectivity index (χ4v) is 5.78. The van der Waals surface area contributed by atoms with Crippen LogP contribution in [-0.4, -0.2) is 55.0 Å². The van der Waals surface area contributed by atoms with Crippen molar-refractivity contribution in [1.29, 1.82) is 0 Å². The van der Waals surface area contributed by atoms with Gasteiger partial charge in [0.05, 0.1) is 18.8 Å². The minimum absolute atomic E-state index is 0.0185. The average molecular weight is 503 g/mol. The first-order valence-electron chi connectivity index (χ1n) is 13.7. The number of nitrogens with zero attached hydrogens (tertiary/aromatic N) is 1. The highest BCUT2D eigenvalue weighted by Gasteiger charge is 2.52. The lowest BCUT2D eigenvalue weighted by molar-refractivity contribution is -0.129. The molecule has 36 heavy (non-hydrogen) atoms. The van der Waals surface area contributed by atoms with Crippen LogP contribution in [0.15, 0.2) is 30.3 Å². The van der Waals surface area contributed by atoms with Crippen LogP contribution < -0.4 is 5.32 Å². The lowest BCUT2D eigenvalue weighted by Crippen LogP contribution is -2.49. The first-order valence-corrected chi connectivity index (χ1v) is 13.7. The van der Waals surface area contributed by atoms with Gasteiger partial charge in [-0.3, -0.25) is 9.69 Å². The summed E-state index contributed by atoms with van der Waals surface area (Å²) in [6.07, 6.45) is 6.99. The van der Waals surface area contributed by atoms with E-state index in [0.29, 0.717) is 25.5 Å². The van der Waals surface area contributed by atoms with E-state index >= 15 is 0 Å². The third-order valence-corrected chi connectivity index (χ3v) is 7.72. The van der Waals surface area contributed by atoms with E-state index in [9.17, 15) is 9.59 Å². The summed E-state index contributed by atoms with van der Waals surface area (Å²) in [5.74, 6) is 0.511. The summed E-state index contributed by atoms with van der Waals surface area (Å²) in [6, 6.07) is 9.62. The molecule has 3 rings (SSSR count). The molecule has 2 fully saturated rings. The molecule has 0 spiro atoms. The smallest absolute Gasteiger partial charge is 0.412 e. The number of carbonyl (C=O) groups is 2. The van der Waals surface area contributed by atoms with Gasteiger partial charge in [-0.25, -0.2) is 4.79 Å². The fraction of sp³-hybridized carbons (Fsp3) is 0.724. The van der Waals surface area contributed by atoms with E-state index in [1.54, 1.807) is 7.11 Å². The Hall–Kier alpha value is -2.12. The van der Waals surface area contributed by atoms with Gasteiger partial charge < -0.3 is 19.5 Å². The number of rotatable bonds is 11. The summed E-state index contributed by atoms with van der Waals surface area (Å²) in [5.41, 5.74) is 0.142. The standard InChI is InChI=1S/C29H46N2O5/c1-21(2)24(27(32)30-16-17-34-5)19-26-25(18-22-12-8-6-9-13-22)31(29(3,4)36-26)28(33)35-20-23-14-10-7-11-15-23/h7,10-11,14-15,21-22,24-26H,6,8-9,12-13,16-20H2,1-5H3,(H,30,32)/t24-,25-,26-/m0/s1. The zero-order valence-corrected chi connectivity index (χ0v) is 22.8. The molecule has 3 atom stereocenters. The Morgan fingerprint density at radius 3 is 2.47 bits per heavy atom. The first kappa shape index (κ1) is 28.5. The minimum atomic E-state index is -0.814. The van der Waals surface area contributed by atoms with Gasteiger partial charge in [0.25, 0.3) is 0 Å². The molecule has 2 amide bonds. The Morgan fingerprint density at radius 1 is 1.14 bits per heavy atom. The second-order valence-corrected chi connectivity index (χ2v) is 11.2. The molecule has 2 aliphatic rings. The third kappa shape index (κ3) is 7.69. The van der Waals surface area contributed by atoms with E-state index in [-0.39, 0.29) is 42.6 Å². The highest BCUT2D eigenvalue weighted by molar-refractivity contribution is 5.79. The van der Waals surface area contributed by atoms with Gasteiger partial charge in [-0.15, -0.1) is 0 Å². The van der Waals surface area contributed by atoms with Crippen molar-refractivity contribution >= 4 is 12.0 Å². The molecule has 0 unspecified atom stereocenters. The Balaban J connectivity index is 1.78. The van der Waals surface area contributed by atoms with Crippen molar-refractivity contribution in [2.45, 2.75) is 97.1 Å². The van der Waals surface area contributed by atoms with E-state index < -0.39 is 5.72 Å². The number of ether oxygens (including phenoxy) is 3. The summed E-state index contributed by atoms with van der Waals surface area (Å²) < 4.78 is 17.5. The first-order chi connectivity index (χ1) is 17.2. The van der Waals surface area contributed by atoms with Crippen molar-refractivity contribution < 1.29 is 23.8 Å². The molecule has 202 valence electrons. The van der Waals surface area contributed by atoms with Crippen LogP contribution in [0.1, 0.15) is 78.2 Å². The molecular formula is C29H46N2O5. The van der Waals surface area contributed by atoms with Crippen LogP contribution in [0.3, 0.4) is 0 Å². The van der Waals surface area contributed by atoms with Crippen LogP contribution in [0.4, 0.5) is 4.79 Å². The van der Waals surface area contributed by atoms with E-state index in [4.69, 9.17) is 14.2 Å². The SMILES string of the molecule is COCCNC(=O)[C@@H](C[C@@H]1OC(C)(C)N(C(=O)OCc2ccccc2)[C@H]1CC1CCCCC1)C(C)C. The molecule has 0 aromatic heterocycles. The van der Waals surface area contributed by atoms with Gasteiger partial charge in [0.1, 0.15) is 12.3 Å². The normalized spacial score (nSPS) is 23.0. The number of nitrogens with one attached hydrogen (secondary N) is 1. The summed E-state index contributed by atoms with van der Waals surface area (Å²) in [4.78, 5) is 28.4. The second kappa shape index (κ2) is 13.4.